The average molecular weight is 441 g/mol. The molecule has 1 rings (SSSR count). The van der Waals surface area contributed by atoms with Crippen LogP contribution in [0.1, 0.15) is 78.8 Å². The Bertz CT molecular complexity index is 455. The van der Waals surface area contributed by atoms with Crippen LogP contribution in [0.4, 0.5) is 0 Å². The molecule has 0 aliphatic heterocycles. The number of hydrogen-bond donors (Lipinski definition) is 0. The normalized spacial score (nSPS) is 12.0. The third-order valence-corrected chi connectivity index (χ3v) is 19.3. The molecule has 0 bridgehead atoms. The van der Waals surface area contributed by atoms with Crippen molar-refractivity contribution in [1.29, 1.82) is 0 Å². The molecule has 0 aliphatic carbocycles. The van der Waals surface area contributed by atoms with E-state index in [1.807, 2.05) is 6.07 Å². The molecule has 0 radical (unpaired) electrons. The van der Waals surface area contributed by atoms with Crippen molar-refractivity contribution in [2.24, 2.45) is 0 Å². The molecule has 0 aromatic carbocycles. The van der Waals surface area contributed by atoms with Crippen molar-refractivity contribution in [3.63, 3.8) is 0 Å². The average Bonchev–Trinajstić information content (AvgIpc) is 2.53. The predicted octanol–water partition coefficient (Wildman–Crippen LogP) is 5.63. The van der Waals surface area contributed by atoms with E-state index >= 15 is 0 Å². The Labute approximate surface area is 153 Å². The minimum atomic E-state index is -2.55. The Kier molecular flexibility index (Phi) is 10.2. The Balaban J connectivity index is 3.24. The van der Waals surface area contributed by atoms with E-state index in [1.165, 1.54) is 55.7 Å². The van der Waals surface area contributed by atoms with Crippen molar-refractivity contribution < 1.29 is 4.74 Å². The molecule has 0 saturated carbocycles. The van der Waals surface area contributed by atoms with Crippen molar-refractivity contribution in [1.82, 2.24) is 9.97 Å². The van der Waals surface area contributed by atoms with Crippen LogP contribution in [0, 0.1) is 6.92 Å². The zero-order valence-corrected chi connectivity index (χ0v) is 19.7. The molecule has 1 heterocycles. The van der Waals surface area contributed by atoms with Gasteiger partial charge in [0.15, 0.2) is 0 Å². The fourth-order valence-corrected chi connectivity index (χ4v) is 18.4. The summed E-state index contributed by atoms with van der Waals surface area (Å²) in [7, 11) is 0. The van der Waals surface area contributed by atoms with Gasteiger partial charge in [0.2, 0.25) is 0 Å². The Morgan fingerprint density at radius 1 is 0.917 bits per heavy atom. The summed E-state index contributed by atoms with van der Waals surface area (Å²) < 4.78 is 11.4. The molecule has 0 spiro atoms. The van der Waals surface area contributed by atoms with Gasteiger partial charge < -0.3 is 0 Å². The molecule has 0 fully saturated rings. The molecule has 0 atom stereocenters. The summed E-state index contributed by atoms with van der Waals surface area (Å²) in [5.41, 5.74) is 1.07. The van der Waals surface area contributed by atoms with E-state index in [1.54, 1.807) is 0 Å². The second-order valence-corrected chi connectivity index (χ2v) is 20.3. The van der Waals surface area contributed by atoms with Crippen LogP contribution in [0.3, 0.4) is 0 Å². The van der Waals surface area contributed by atoms with Crippen molar-refractivity contribution >= 4 is 22.2 Å². The van der Waals surface area contributed by atoms with E-state index < -0.39 is 18.4 Å². The van der Waals surface area contributed by atoms with Gasteiger partial charge in [-0.05, 0) is 0 Å². The van der Waals surface area contributed by atoms with Gasteiger partial charge in [0.25, 0.3) is 0 Å². The third kappa shape index (κ3) is 6.89. The molecule has 0 amide bonds. The molecular formula is C20H38N2OSn. The Morgan fingerprint density at radius 2 is 1.42 bits per heavy atom. The van der Waals surface area contributed by atoms with Gasteiger partial charge in [-0.25, -0.2) is 0 Å². The second-order valence-electron chi connectivity index (χ2n) is 7.43. The topological polar surface area (TPSA) is 35.0 Å². The zero-order valence-electron chi connectivity index (χ0n) is 16.8. The van der Waals surface area contributed by atoms with Gasteiger partial charge in [0.05, 0.1) is 0 Å². The Hall–Kier alpha value is -0.321. The van der Waals surface area contributed by atoms with E-state index in [0.717, 1.165) is 11.6 Å². The van der Waals surface area contributed by atoms with E-state index in [-0.39, 0.29) is 6.10 Å². The summed E-state index contributed by atoms with van der Waals surface area (Å²) >= 11 is -2.55. The molecular weight excluding hydrogens is 403 g/mol. The number of ether oxygens (including phenoxy) is 1. The first-order valence-corrected chi connectivity index (χ1v) is 17.5. The van der Waals surface area contributed by atoms with Gasteiger partial charge in [-0.2, -0.15) is 0 Å². The first-order chi connectivity index (χ1) is 11.5. The first-order valence-electron chi connectivity index (χ1n) is 10.00. The molecule has 0 unspecified atom stereocenters. The summed E-state index contributed by atoms with van der Waals surface area (Å²) in [4.78, 5) is 9.94. The van der Waals surface area contributed by atoms with Crippen molar-refractivity contribution in [2.75, 3.05) is 0 Å². The molecule has 1 aromatic rings. The molecule has 0 saturated heterocycles. The summed E-state index contributed by atoms with van der Waals surface area (Å²) in [6.45, 7) is 13.1. The van der Waals surface area contributed by atoms with Gasteiger partial charge in [-0.1, -0.05) is 0 Å². The summed E-state index contributed by atoms with van der Waals surface area (Å²) in [5, 5.41) is 0. The first kappa shape index (κ1) is 21.7. The van der Waals surface area contributed by atoms with Crippen LogP contribution in [0.2, 0.25) is 13.3 Å². The fourth-order valence-electron chi connectivity index (χ4n) is 3.33. The van der Waals surface area contributed by atoms with Gasteiger partial charge in [-0.3, -0.25) is 0 Å². The van der Waals surface area contributed by atoms with Crippen molar-refractivity contribution in [2.45, 2.75) is 99.5 Å². The van der Waals surface area contributed by atoms with Crippen LogP contribution in [0.15, 0.2) is 6.07 Å². The number of aromatic nitrogens is 2. The van der Waals surface area contributed by atoms with Crippen LogP contribution in [-0.4, -0.2) is 34.4 Å². The Morgan fingerprint density at radius 3 is 1.83 bits per heavy atom. The van der Waals surface area contributed by atoms with Gasteiger partial charge in [0, 0.05) is 0 Å². The van der Waals surface area contributed by atoms with Gasteiger partial charge in [0.1, 0.15) is 0 Å². The predicted molar refractivity (Wildman–Crippen MR) is 107 cm³/mol. The quantitative estimate of drug-likeness (QED) is 0.395. The number of unbranched alkanes of at least 4 members (excludes halogenated alkanes) is 3. The number of rotatable bonds is 12. The zero-order chi connectivity index (χ0) is 18.0. The van der Waals surface area contributed by atoms with E-state index in [2.05, 4.69) is 41.5 Å². The van der Waals surface area contributed by atoms with Crippen LogP contribution >= 0.6 is 0 Å². The standard InChI is InChI=1S/C8H11N2O.3C4H9.Sn/c1-6(2)11-8-4-7(3)9-5-10-8;3*1-3-4-2;/h4,6H,1-3H3;3*1,3-4H2,2H3;. The molecule has 4 heteroatoms. The summed E-state index contributed by atoms with van der Waals surface area (Å²) in [6.07, 6.45) is 8.00. The molecule has 3 nitrogen and oxygen atoms in total. The third-order valence-electron chi connectivity index (χ3n) is 4.69. The molecule has 24 heavy (non-hydrogen) atoms. The van der Waals surface area contributed by atoms with Crippen LogP contribution in [-0.2, 0) is 0 Å². The molecule has 1 aromatic heterocycles. The van der Waals surface area contributed by atoms with Crippen LogP contribution < -0.4 is 8.58 Å². The SMILES string of the molecule is CCC[CH2][Sn]([CH2]CCC)([CH2]CCC)[c]1nc(C)cc(OC(C)C)n1. The summed E-state index contributed by atoms with van der Waals surface area (Å²) in [5.74, 6) is 0.790. The monoisotopic (exact) mass is 442 g/mol. The maximum atomic E-state index is 5.93. The van der Waals surface area contributed by atoms with Gasteiger partial charge in [-0.15, -0.1) is 0 Å². The second kappa shape index (κ2) is 11.3. The van der Waals surface area contributed by atoms with Gasteiger partial charge >= 0.3 is 154 Å². The van der Waals surface area contributed by atoms with E-state index in [9.17, 15) is 0 Å². The molecule has 0 aliphatic rings. The fraction of sp³-hybridized carbons (Fsp3) is 0.800. The molecule has 0 N–H and O–H groups in total. The van der Waals surface area contributed by atoms with Crippen LogP contribution in [0.25, 0.3) is 0 Å². The maximum absolute atomic E-state index is 5.93. The van der Waals surface area contributed by atoms with E-state index in [0.29, 0.717) is 0 Å². The van der Waals surface area contributed by atoms with Crippen molar-refractivity contribution in [3.8, 4) is 5.88 Å². The van der Waals surface area contributed by atoms with Crippen LogP contribution in [0.5, 0.6) is 5.88 Å². The van der Waals surface area contributed by atoms with E-state index in [4.69, 9.17) is 14.7 Å². The number of hydrogen-bond acceptors (Lipinski definition) is 3. The molecule has 138 valence electrons. The van der Waals surface area contributed by atoms with Crippen molar-refractivity contribution in [3.05, 3.63) is 11.8 Å². The number of aryl methyl sites for hydroxylation is 1. The number of nitrogens with zero attached hydrogens (tertiary/aromatic N) is 2. The minimum absolute atomic E-state index is 0.165. The summed E-state index contributed by atoms with van der Waals surface area (Å²) in [6, 6.07) is 2.00.